The maximum absolute atomic E-state index is 6.06. The van der Waals surface area contributed by atoms with Crippen LogP contribution in [-0.4, -0.2) is 26.2 Å². The third kappa shape index (κ3) is 3.51. The fourth-order valence-electron chi connectivity index (χ4n) is 1.73. The molecule has 0 aliphatic heterocycles. The molecule has 0 atom stereocenters. The maximum Gasteiger partial charge on any atom is 0.143 e. The van der Waals surface area contributed by atoms with E-state index in [-0.39, 0.29) is 0 Å². The predicted octanol–water partition coefficient (Wildman–Crippen LogP) is 2.82. The molecule has 0 spiro atoms. The van der Waals surface area contributed by atoms with Crippen LogP contribution in [0.15, 0.2) is 12.1 Å². The Morgan fingerprint density at radius 3 is 2.76 bits per heavy atom. The van der Waals surface area contributed by atoms with Crippen molar-refractivity contribution in [3.63, 3.8) is 0 Å². The molecule has 94 valence electrons. The zero-order valence-electron chi connectivity index (χ0n) is 10.3. The standard InChI is InChI=1S/C13H19ClN2O/c1-9-7-12(13(17-2)8-11(9)14)16-6-5-15-10-3-4-10/h7-8,10,15-16H,3-6H2,1-2H3. The highest BCUT2D eigenvalue weighted by atomic mass is 35.5. The van der Waals surface area contributed by atoms with Gasteiger partial charge < -0.3 is 15.4 Å². The van der Waals surface area contributed by atoms with Gasteiger partial charge in [0.2, 0.25) is 0 Å². The lowest BCUT2D eigenvalue weighted by molar-refractivity contribution is 0.416. The highest BCUT2D eigenvalue weighted by Gasteiger charge is 2.19. The van der Waals surface area contributed by atoms with Crippen LogP contribution in [0.2, 0.25) is 5.02 Å². The van der Waals surface area contributed by atoms with Gasteiger partial charge in [-0.25, -0.2) is 0 Å². The second-order valence-corrected chi connectivity index (χ2v) is 4.86. The molecule has 0 radical (unpaired) electrons. The molecule has 1 fully saturated rings. The maximum atomic E-state index is 6.06. The monoisotopic (exact) mass is 254 g/mol. The highest BCUT2D eigenvalue weighted by Crippen LogP contribution is 2.30. The molecular weight excluding hydrogens is 236 g/mol. The van der Waals surface area contributed by atoms with Gasteiger partial charge in [0.25, 0.3) is 0 Å². The van der Waals surface area contributed by atoms with Crippen LogP contribution >= 0.6 is 11.6 Å². The van der Waals surface area contributed by atoms with Crippen LogP contribution in [0.4, 0.5) is 5.69 Å². The van der Waals surface area contributed by atoms with Crippen molar-refractivity contribution in [3.05, 3.63) is 22.7 Å². The van der Waals surface area contributed by atoms with Crippen molar-refractivity contribution in [2.75, 3.05) is 25.5 Å². The lowest BCUT2D eigenvalue weighted by atomic mass is 10.2. The molecule has 4 heteroatoms. The minimum Gasteiger partial charge on any atom is -0.495 e. The Morgan fingerprint density at radius 2 is 2.12 bits per heavy atom. The van der Waals surface area contributed by atoms with Crippen LogP contribution in [0.1, 0.15) is 18.4 Å². The van der Waals surface area contributed by atoms with E-state index in [2.05, 4.69) is 10.6 Å². The Balaban J connectivity index is 1.90. The zero-order valence-corrected chi connectivity index (χ0v) is 11.1. The van der Waals surface area contributed by atoms with Crippen molar-refractivity contribution >= 4 is 17.3 Å². The Bertz CT molecular complexity index is 391. The number of methoxy groups -OCH3 is 1. The van der Waals surface area contributed by atoms with Crippen LogP contribution in [0, 0.1) is 6.92 Å². The molecule has 1 aliphatic carbocycles. The minimum absolute atomic E-state index is 0.739. The van der Waals surface area contributed by atoms with E-state index in [9.17, 15) is 0 Å². The lowest BCUT2D eigenvalue weighted by Gasteiger charge is -2.13. The summed E-state index contributed by atoms with van der Waals surface area (Å²) < 4.78 is 5.30. The molecule has 3 nitrogen and oxygen atoms in total. The molecule has 2 N–H and O–H groups in total. The van der Waals surface area contributed by atoms with Crippen molar-refractivity contribution in [2.45, 2.75) is 25.8 Å². The first kappa shape index (κ1) is 12.5. The highest BCUT2D eigenvalue weighted by molar-refractivity contribution is 6.31. The van der Waals surface area contributed by atoms with Gasteiger partial charge in [-0.1, -0.05) is 11.6 Å². The first-order chi connectivity index (χ1) is 8.20. The third-order valence-electron chi connectivity index (χ3n) is 2.93. The minimum atomic E-state index is 0.739. The van der Waals surface area contributed by atoms with Crippen molar-refractivity contribution in [1.82, 2.24) is 5.32 Å². The van der Waals surface area contributed by atoms with Gasteiger partial charge in [-0.15, -0.1) is 0 Å². The summed E-state index contributed by atoms with van der Waals surface area (Å²) in [4.78, 5) is 0. The van der Waals surface area contributed by atoms with Gasteiger partial charge >= 0.3 is 0 Å². The average Bonchev–Trinajstić information content (AvgIpc) is 3.12. The molecule has 0 unspecified atom stereocenters. The molecule has 0 amide bonds. The summed E-state index contributed by atoms with van der Waals surface area (Å²) in [7, 11) is 1.66. The molecule has 0 heterocycles. The van der Waals surface area contributed by atoms with E-state index in [1.54, 1.807) is 7.11 Å². The van der Waals surface area contributed by atoms with Crippen molar-refractivity contribution in [1.29, 1.82) is 0 Å². The first-order valence-corrected chi connectivity index (χ1v) is 6.40. The van der Waals surface area contributed by atoms with Crippen LogP contribution in [-0.2, 0) is 0 Å². The quantitative estimate of drug-likeness (QED) is 0.766. The zero-order chi connectivity index (χ0) is 12.3. The molecule has 17 heavy (non-hydrogen) atoms. The van der Waals surface area contributed by atoms with Gasteiger partial charge in [-0.05, 0) is 31.4 Å². The van der Waals surface area contributed by atoms with E-state index in [4.69, 9.17) is 16.3 Å². The SMILES string of the molecule is COc1cc(Cl)c(C)cc1NCCNC1CC1. The molecule has 1 saturated carbocycles. The summed E-state index contributed by atoms with van der Waals surface area (Å²) in [6.07, 6.45) is 2.65. The number of nitrogens with one attached hydrogen (secondary N) is 2. The summed E-state index contributed by atoms with van der Waals surface area (Å²) in [6, 6.07) is 4.64. The number of ether oxygens (including phenoxy) is 1. The van der Waals surface area contributed by atoms with Crippen molar-refractivity contribution in [2.24, 2.45) is 0 Å². The summed E-state index contributed by atoms with van der Waals surface area (Å²) in [5.41, 5.74) is 2.07. The molecule has 1 aliphatic rings. The fourth-order valence-corrected chi connectivity index (χ4v) is 1.88. The average molecular weight is 255 g/mol. The third-order valence-corrected chi connectivity index (χ3v) is 3.34. The molecule has 2 rings (SSSR count). The smallest absolute Gasteiger partial charge is 0.143 e. The van der Waals surface area contributed by atoms with E-state index in [0.29, 0.717) is 0 Å². The number of anilines is 1. The molecule has 0 aromatic heterocycles. The molecule has 0 bridgehead atoms. The van der Waals surface area contributed by atoms with Crippen LogP contribution in [0.5, 0.6) is 5.75 Å². The lowest BCUT2D eigenvalue weighted by Crippen LogP contribution is -2.24. The number of halogens is 1. The summed E-state index contributed by atoms with van der Waals surface area (Å²) >= 11 is 6.06. The van der Waals surface area contributed by atoms with Crippen LogP contribution in [0.25, 0.3) is 0 Å². The number of benzene rings is 1. The van der Waals surface area contributed by atoms with Gasteiger partial charge in [0.1, 0.15) is 5.75 Å². The van der Waals surface area contributed by atoms with E-state index in [0.717, 1.165) is 41.2 Å². The van der Waals surface area contributed by atoms with Gasteiger partial charge in [0.05, 0.1) is 12.8 Å². The number of aryl methyl sites for hydroxylation is 1. The summed E-state index contributed by atoms with van der Waals surface area (Å²) in [6.45, 7) is 3.87. The molecule has 1 aromatic carbocycles. The topological polar surface area (TPSA) is 33.3 Å². The molecule has 1 aromatic rings. The Labute approximate surface area is 107 Å². The van der Waals surface area contributed by atoms with Gasteiger partial charge in [-0.2, -0.15) is 0 Å². The van der Waals surface area contributed by atoms with E-state index >= 15 is 0 Å². The fraction of sp³-hybridized carbons (Fsp3) is 0.538. The number of rotatable bonds is 6. The van der Waals surface area contributed by atoms with Crippen LogP contribution < -0.4 is 15.4 Å². The van der Waals surface area contributed by atoms with E-state index < -0.39 is 0 Å². The van der Waals surface area contributed by atoms with E-state index in [1.165, 1.54) is 12.8 Å². The van der Waals surface area contributed by atoms with Crippen LogP contribution in [0.3, 0.4) is 0 Å². The predicted molar refractivity (Wildman–Crippen MR) is 72.3 cm³/mol. The summed E-state index contributed by atoms with van der Waals surface area (Å²) in [5.74, 6) is 0.798. The second kappa shape index (κ2) is 5.61. The largest absolute Gasteiger partial charge is 0.495 e. The Hall–Kier alpha value is -0.930. The number of hydrogen-bond acceptors (Lipinski definition) is 3. The van der Waals surface area contributed by atoms with Crippen molar-refractivity contribution < 1.29 is 4.74 Å². The van der Waals surface area contributed by atoms with Gasteiger partial charge in [0.15, 0.2) is 0 Å². The van der Waals surface area contributed by atoms with Gasteiger partial charge in [-0.3, -0.25) is 0 Å². The first-order valence-electron chi connectivity index (χ1n) is 6.02. The number of hydrogen-bond donors (Lipinski definition) is 2. The Kier molecular flexibility index (Phi) is 4.13. The van der Waals surface area contributed by atoms with E-state index in [1.807, 2.05) is 19.1 Å². The molecular formula is C13H19ClN2O. The molecule has 0 saturated heterocycles. The van der Waals surface area contributed by atoms with Crippen molar-refractivity contribution in [3.8, 4) is 5.75 Å². The summed E-state index contributed by atoms with van der Waals surface area (Å²) in [5, 5.41) is 7.57. The normalized spacial score (nSPS) is 14.8. The second-order valence-electron chi connectivity index (χ2n) is 4.46. The Morgan fingerprint density at radius 1 is 1.35 bits per heavy atom. The van der Waals surface area contributed by atoms with Gasteiger partial charge in [0, 0.05) is 30.2 Å².